The van der Waals surface area contributed by atoms with Crippen LogP contribution in [0.25, 0.3) is 11.0 Å². The third-order valence-corrected chi connectivity index (χ3v) is 5.48. The number of carbonyl (C=O) groups excluding carboxylic acids is 2. The van der Waals surface area contributed by atoms with Crippen molar-refractivity contribution in [2.24, 2.45) is 0 Å². The van der Waals surface area contributed by atoms with E-state index in [0.717, 1.165) is 34.6 Å². The first-order valence-electron chi connectivity index (χ1n) is 9.18. The number of hydrogen-bond acceptors (Lipinski definition) is 5. The zero-order valence-electron chi connectivity index (χ0n) is 15.5. The van der Waals surface area contributed by atoms with Gasteiger partial charge in [0, 0.05) is 5.56 Å². The lowest BCUT2D eigenvalue weighted by Crippen LogP contribution is -2.30. The van der Waals surface area contributed by atoms with E-state index < -0.39 is 6.10 Å². The number of H-pyrrole nitrogens is 1. The molecule has 1 aliphatic rings. The summed E-state index contributed by atoms with van der Waals surface area (Å²) >= 11 is 1.72. The van der Waals surface area contributed by atoms with Gasteiger partial charge in [-0.25, -0.2) is 9.78 Å². The maximum atomic E-state index is 12.7. The lowest BCUT2D eigenvalue weighted by Gasteiger charge is -2.18. The lowest BCUT2D eigenvalue weighted by molar-refractivity contribution is -0.123. The highest BCUT2D eigenvalue weighted by Gasteiger charge is 2.32. The van der Waals surface area contributed by atoms with Gasteiger partial charge in [-0.05, 0) is 36.6 Å². The molecule has 4 rings (SSSR count). The molecule has 2 aromatic carbocycles. The van der Waals surface area contributed by atoms with Gasteiger partial charge < -0.3 is 15.0 Å². The van der Waals surface area contributed by atoms with Crippen LogP contribution in [0.5, 0.6) is 0 Å². The number of hydrogen-bond donors (Lipinski definition) is 2. The standard InChI is InChI=1S/C21H21N3O3S/c1-28-11-10-17(20-23-15-8-4-5-9-16(15)24-20)22-19(25)12-18-13-6-2-3-7-14(13)21(26)27-18/h2-9,17-18H,10-12H2,1H3,(H,22,25)(H,23,24)/t17-,18-/m1/s1. The van der Waals surface area contributed by atoms with Gasteiger partial charge in [0.05, 0.1) is 29.1 Å². The smallest absolute Gasteiger partial charge is 0.339 e. The second-order valence-corrected chi connectivity index (χ2v) is 7.71. The molecule has 0 unspecified atom stereocenters. The Morgan fingerprint density at radius 1 is 1.25 bits per heavy atom. The summed E-state index contributed by atoms with van der Waals surface area (Å²) in [6.45, 7) is 0. The first kappa shape index (κ1) is 18.6. The highest BCUT2D eigenvalue weighted by molar-refractivity contribution is 7.98. The molecular formula is C21H21N3O3S. The molecule has 0 bridgehead atoms. The summed E-state index contributed by atoms with van der Waals surface area (Å²) in [5.41, 5.74) is 3.13. The van der Waals surface area contributed by atoms with Crippen LogP contribution in [0.2, 0.25) is 0 Å². The maximum absolute atomic E-state index is 12.7. The SMILES string of the molecule is CSCC[C@@H](NC(=O)C[C@H]1OC(=O)c2ccccc21)c1nc2ccccc2[nH]1. The summed E-state index contributed by atoms with van der Waals surface area (Å²) < 4.78 is 5.39. The van der Waals surface area contributed by atoms with E-state index in [-0.39, 0.29) is 24.3 Å². The van der Waals surface area contributed by atoms with Crippen LogP contribution >= 0.6 is 11.8 Å². The van der Waals surface area contributed by atoms with Crippen molar-refractivity contribution in [2.75, 3.05) is 12.0 Å². The molecule has 0 fully saturated rings. The third kappa shape index (κ3) is 3.75. The van der Waals surface area contributed by atoms with Crippen LogP contribution in [0.3, 0.4) is 0 Å². The first-order valence-corrected chi connectivity index (χ1v) is 10.6. The quantitative estimate of drug-likeness (QED) is 0.595. The highest BCUT2D eigenvalue weighted by Crippen LogP contribution is 2.33. The van der Waals surface area contributed by atoms with Crippen molar-refractivity contribution >= 4 is 34.7 Å². The monoisotopic (exact) mass is 395 g/mol. The molecule has 0 saturated heterocycles. The van der Waals surface area contributed by atoms with E-state index in [4.69, 9.17) is 4.74 Å². The van der Waals surface area contributed by atoms with E-state index in [1.54, 1.807) is 23.9 Å². The Hall–Kier alpha value is -2.80. The lowest BCUT2D eigenvalue weighted by atomic mass is 10.0. The number of aromatic amines is 1. The van der Waals surface area contributed by atoms with E-state index in [2.05, 4.69) is 15.3 Å². The number of carbonyl (C=O) groups is 2. The zero-order valence-corrected chi connectivity index (χ0v) is 16.3. The van der Waals surface area contributed by atoms with Crippen LogP contribution in [0, 0.1) is 0 Å². The van der Waals surface area contributed by atoms with Crippen molar-refractivity contribution in [1.29, 1.82) is 0 Å². The molecule has 0 spiro atoms. The van der Waals surface area contributed by atoms with Crippen molar-refractivity contribution in [3.05, 3.63) is 65.5 Å². The normalized spacial score (nSPS) is 16.6. The van der Waals surface area contributed by atoms with Gasteiger partial charge in [-0.3, -0.25) is 4.79 Å². The number of amides is 1. The predicted octanol–water partition coefficient (Wildman–Crippen LogP) is 3.78. The van der Waals surface area contributed by atoms with Crippen LogP contribution < -0.4 is 5.32 Å². The minimum atomic E-state index is -0.541. The van der Waals surface area contributed by atoms with Crippen LogP contribution in [-0.2, 0) is 9.53 Å². The second kappa shape index (κ2) is 8.06. The molecule has 3 aromatic rings. The van der Waals surface area contributed by atoms with Gasteiger partial charge in [0.25, 0.3) is 0 Å². The molecule has 28 heavy (non-hydrogen) atoms. The van der Waals surface area contributed by atoms with Crippen molar-refractivity contribution in [3.63, 3.8) is 0 Å². The molecule has 2 N–H and O–H groups in total. The largest absolute Gasteiger partial charge is 0.453 e. The molecular weight excluding hydrogens is 374 g/mol. The molecule has 2 atom stereocenters. The van der Waals surface area contributed by atoms with E-state index in [1.165, 1.54) is 0 Å². The average molecular weight is 395 g/mol. The fourth-order valence-corrected chi connectivity index (χ4v) is 3.92. The number of benzene rings is 2. The van der Waals surface area contributed by atoms with Gasteiger partial charge in [0.2, 0.25) is 5.91 Å². The number of aromatic nitrogens is 2. The van der Waals surface area contributed by atoms with Crippen molar-refractivity contribution in [3.8, 4) is 0 Å². The van der Waals surface area contributed by atoms with Gasteiger partial charge in [0.1, 0.15) is 11.9 Å². The summed E-state index contributed by atoms with van der Waals surface area (Å²) in [7, 11) is 0. The number of ether oxygens (including phenoxy) is 1. The molecule has 7 heteroatoms. The number of nitrogens with zero attached hydrogens (tertiary/aromatic N) is 1. The average Bonchev–Trinajstić information content (AvgIpc) is 3.27. The van der Waals surface area contributed by atoms with Crippen LogP contribution in [0.15, 0.2) is 48.5 Å². The first-order chi connectivity index (χ1) is 13.7. The fourth-order valence-electron chi connectivity index (χ4n) is 3.44. The Balaban J connectivity index is 1.49. The molecule has 0 aliphatic carbocycles. The summed E-state index contributed by atoms with van der Waals surface area (Å²) in [6.07, 6.45) is 2.35. The number of rotatable bonds is 7. The summed E-state index contributed by atoms with van der Waals surface area (Å²) in [4.78, 5) is 32.6. The number of nitrogens with one attached hydrogen (secondary N) is 2. The van der Waals surface area contributed by atoms with Crippen molar-refractivity contribution < 1.29 is 14.3 Å². The van der Waals surface area contributed by atoms with E-state index in [0.29, 0.717) is 5.56 Å². The molecule has 1 amide bonds. The van der Waals surface area contributed by atoms with Crippen molar-refractivity contribution in [1.82, 2.24) is 15.3 Å². The second-order valence-electron chi connectivity index (χ2n) is 6.73. The van der Waals surface area contributed by atoms with Gasteiger partial charge >= 0.3 is 5.97 Å². The van der Waals surface area contributed by atoms with Crippen molar-refractivity contribution in [2.45, 2.75) is 25.0 Å². The Morgan fingerprint density at radius 2 is 2.04 bits per heavy atom. The summed E-state index contributed by atoms with van der Waals surface area (Å²) in [5.74, 6) is 1.10. The number of esters is 1. The molecule has 0 radical (unpaired) electrons. The maximum Gasteiger partial charge on any atom is 0.339 e. The van der Waals surface area contributed by atoms with Gasteiger partial charge in [0.15, 0.2) is 0 Å². The van der Waals surface area contributed by atoms with E-state index in [9.17, 15) is 9.59 Å². The van der Waals surface area contributed by atoms with Crippen LogP contribution in [-0.4, -0.2) is 33.9 Å². The Morgan fingerprint density at radius 3 is 2.86 bits per heavy atom. The predicted molar refractivity (Wildman–Crippen MR) is 109 cm³/mol. The highest BCUT2D eigenvalue weighted by atomic mass is 32.2. The number of cyclic esters (lactones) is 1. The van der Waals surface area contributed by atoms with E-state index >= 15 is 0 Å². The minimum Gasteiger partial charge on any atom is -0.453 e. The summed E-state index contributed by atoms with van der Waals surface area (Å²) in [6, 6.07) is 14.8. The third-order valence-electron chi connectivity index (χ3n) is 4.83. The number of imidazole rings is 1. The molecule has 1 aromatic heterocycles. The minimum absolute atomic E-state index is 0.0960. The van der Waals surface area contributed by atoms with Gasteiger partial charge in [-0.15, -0.1) is 0 Å². The Kier molecular flexibility index (Phi) is 5.34. The molecule has 1 aliphatic heterocycles. The van der Waals surface area contributed by atoms with E-state index in [1.807, 2.05) is 42.7 Å². The topological polar surface area (TPSA) is 84.1 Å². The molecule has 2 heterocycles. The Bertz CT molecular complexity index is 984. The van der Waals surface area contributed by atoms with Crippen LogP contribution in [0.4, 0.5) is 0 Å². The molecule has 144 valence electrons. The Labute approximate surface area is 167 Å². The number of fused-ring (bicyclic) bond motifs is 2. The zero-order chi connectivity index (χ0) is 19.5. The van der Waals surface area contributed by atoms with Crippen LogP contribution in [0.1, 0.15) is 46.7 Å². The van der Waals surface area contributed by atoms with Gasteiger partial charge in [-0.1, -0.05) is 30.3 Å². The van der Waals surface area contributed by atoms with Gasteiger partial charge in [-0.2, -0.15) is 11.8 Å². The molecule has 0 saturated carbocycles. The fraction of sp³-hybridized carbons (Fsp3) is 0.286. The summed E-state index contributed by atoms with van der Waals surface area (Å²) in [5, 5.41) is 3.06. The number of thioether (sulfide) groups is 1. The molecule has 6 nitrogen and oxygen atoms in total. The number of para-hydroxylation sites is 2.